The standard InChI is InChI=1S/C17H18N2O4/c1-11-4-5-13(8-12(11)2)9-17(20)18-15-10-14(19(21)22)6-7-16(15)23-3/h4-8,10H,9H2,1-3H3,(H,18,20). The van der Waals surface area contributed by atoms with Crippen molar-refractivity contribution in [2.75, 3.05) is 12.4 Å². The van der Waals surface area contributed by atoms with Crippen LogP contribution in [-0.4, -0.2) is 17.9 Å². The third-order valence-electron chi connectivity index (χ3n) is 3.60. The number of nitro groups is 1. The molecule has 6 nitrogen and oxygen atoms in total. The number of hydrogen-bond acceptors (Lipinski definition) is 4. The molecule has 23 heavy (non-hydrogen) atoms. The second-order valence-electron chi connectivity index (χ2n) is 5.29. The third-order valence-corrected chi connectivity index (χ3v) is 3.60. The number of non-ortho nitro benzene ring substituents is 1. The van der Waals surface area contributed by atoms with Crippen LogP contribution in [0.4, 0.5) is 11.4 Å². The second-order valence-corrected chi connectivity index (χ2v) is 5.29. The van der Waals surface area contributed by atoms with Crippen molar-refractivity contribution in [3.05, 3.63) is 63.2 Å². The van der Waals surface area contributed by atoms with E-state index in [1.807, 2.05) is 32.0 Å². The van der Waals surface area contributed by atoms with Crippen LogP contribution < -0.4 is 10.1 Å². The summed E-state index contributed by atoms with van der Waals surface area (Å²) in [6.07, 6.45) is 0.187. The summed E-state index contributed by atoms with van der Waals surface area (Å²) in [5.41, 5.74) is 3.34. The highest BCUT2D eigenvalue weighted by molar-refractivity contribution is 5.94. The van der Waals surface area contributed by atoms with Gasteiger partial charge < -0.3 is 10.1 Å². The van der Waals surface area contributed by atoms with Crippen LogP contribution in [0.3, 0.4) is 0 Å². The Morgan fingerprint density at radius 3 is 2.52 bits per heavy atom. The Hall–Kier alpha value is -2.89. The van der Waals surface area contributed by atoms with Crippen LogP contribution in [0.5, 0.6) is 5.75 Å². The maximum absolute atomic E-state index is 12.2. The SMILES string of the molecule is COc1ccc([N+](=O)[O-])cc1NC(=O)Cc1ccc(C)c(C)c1. The highest BCUT2D eigenvalue weighted by Crippen LogP contribution is 2.29. The van der Waals surface area contributed by atoms with Gasteiger partial charge in [-0.1, -0.05) is 18.2 Å². The van der Waals surface area contributed by atoms with Gasteiger partial charge in [0, 0.05) is 12.1 Å². The highest BCUT2D eigenvalue weighted by atomic mass is 16.6. The molecule has 2 aromatic rings. The van der Waals surface area contributed by atoms with Crippen molar-refractivity contribution in [3.8, 4) is 5.75 Å². The molecule has 0 aliphatic carbocycles. The molecule has 0 heterocycles. The van der Waals surface area contributed by atoms with E-state index in [4.69, 9.17) is 4.74 Å². The number of nitro benzene ring substituents is 1. The number of carbonyl (C=O) groups excluding carboxylic acids is 1. The van der Waals surface area contributed by atoms with Crippen molar-refractivity contribution in [2.45, 2.75) is 20.3 Å². The highest BCUT2D eigenvalue weighted by Gasteiger charge is 2.14. The van der Waals surface area contributed by atoms with Crippen molar-refractivity contribution in [1.82, 2.24) is 0 Å². The Morgan fingerprint density at radius 1 is 1.17 bits per heavy atom. The number of hydrogen-bond donors (Lipinski definition) is 1. The molecule has 0 saturated heterocycles. The van der Waals surface area contributed by atoms with Gasteiger partial charge >= 0.3 is 0 Å². The lowest BCUT2D eigenvalue weighted by Gasteiger charge is -2.10. The smallest absolute Gasteiger partial charge is 0.271 e. The summed E-state index contributed by atoms with van der Waals surface area (Å²) in [5, 5.41) is 13.5. The molecule has 0 bridgehead atoms. The molecular formula is C17H18N2O4. The van der Waals surface area contributed by atoms with Gasteiger partial charge in [0.2, 0.25) is 5.91 Å². The zero-order valence-corrected chi connectivity index (χ0v) is 13.3. The molecule has 1 N–H and O–H groups in total. The van der Waals surface area contributed by atoms with E-state index in [1.54, 1.807) is 0 Å². The number of amides is 1. The van der Waals surface area contributed by atoms with Crippen LogP contribution in [-0.2, 0) is 11.2 Å². The number of ether oxygens (including phenoxy) is 1. The fraction of sp³-hybridized carbons (Fsp3) is 0.235. The topological polar surface area (TPSA) is 81.5 Å². The van der Waals surface area contributed by atoms with E-state index in [0.29, 0.717) is 5.75 Å². The number of nitrogens with zero attached hydrogens (tertiary/aromatic N) is 1. The van der Waals surface area contributed by atoms with Gasteiger partial charge in [0.1, 0.15) is 5.75 Å². The summed E-state index contributed by atoms with van der Waals surface area (Å²) in [6, 6.07) is 9.90. The van der Waals surface area contributed by atoms with Crippen LogP contribution in [0.1, 0.15) is 16.7 Å². The first-order valence-corrected chi connectivity index (χ1v) is 7.09. The predicted octanol–water partition coefficient (Wildman–Crippen LogP) is 3.40. The predicted molar refractivity (Wildman–Crippen MR) is 87.9 cm³/mol. The number of aryl methyl sites for hydroxylation is 2. The number of benzene rings is 2. The molecule has 2 aromatic carbocycles. The zero-order chi connectivity index (χ0) is 17.0. The summed E-state index contributed by atoms with van der Waals surface area (Å²) < 4.78 is 5.13. The normalized spacial score (nSPS) is 10.2. The lowest BCUT2D eigenvalue weighted by atomic mass is 10.0. The lowest BCUT2D eigenvalue weighted by molar-refractivity contribution is -0.384. The van der Waals surface area contributed by atoms with Crippen molar-refractivity contribution >= 4 is 17.3 Å². The molecule has 0 aliphatic heterocycles. The first kappa shape index (κ1) is 16.5. The van der Waals surface area contributed by atoms with Crippen LogP contribution >= 0.6 is 0 Å². The number of nitrogens with one attached hydrogen (secondary N) is 1. The Balaban J connectivity index is 2.17. The summed E-state index contributed by atoms with van der Waals surface area (Å²) >= 11 is 0. The van der Waals surface area contributed by atoms with Gasteiger partial charge in [0.05, 0.1) is 24.1 Å². The van der Waals surface area contributed by atoms with Crippen LogP contribution in [0.15, 0.2) is 36.4 Å². The average molecular weight is 314 g/mol. The third kappa shape index (κ3) is 4.06. The molecule has 0 fully saturated rings. The van der Waals surface area contributed by atoms with Crippen LogP contribution in [0, 0.1) is 24.0 Å². The summed E-state index contributed by atoms with van der Waals surface area (Å²) in [5.74, 6) is 0.121. The van der Waals surface area contributed by atoms with Gasteiger partial charge in [0.15, 0.2) is 0 Å². The molecule has 0 aliphatic rings. The van der Waals surface area contributed by atoms with Gasteiger partial charge in [-0.2, -0.15) is 0 Å². The zero-order valence-electron chi connectivity index (χ0n) is 13.3. The van der Waals surface area contributed by atoms with Crippen molar-refractivity contribution < 1.29 is 14.5 Å². The molecule has 6 heteroatoms. The van der Waals surface area contributed by atoms with E-state index in [0.717, 1.165) is 16.7 Å². The summed E-state index contributed by atoms with van der Waals surface area (Å²) in [6.45, 7) is 3.99. The van der Waals surface area contributed by atoms with E-state index < -0.39 is 4.92 Å². The van der Waals surface area contributed by atoms with Crippen LogP contribution in [0.2, 0.25) is 0 Å². The van der Waals surface area contributed by atoms with E-state index in [2.05, 4.69) is 5.32 Å². The number of anilines is 1. The number of carbonyl (C=O) groups is 1. The Labute approximate surface area is 134 Å². The van der Waals surface area contributed by atoms with E-state index in [1.165, 1.54) is 25.3 Å². The molecular weight excluding hydrogens is 296 g/mol. The van der Waals surface area contributed by atoms with Gasteiger partial charge in [-0.25, -0.2) is 0 Å². The molecule has 1 amide bonds. The number of methoxy groups -OCH3 is 1. The van der Waals surface area contributed by atoms with E-state index >= 15 is 0 Å². The molecule has 0 atom stereocenters. The quantitative estimate of drug-likeness (QED) is 0.677. The monoisotopic (exact) mass is 314 g/mol. The van der Waals surface area contributed by atoms with E-state index in [9.17, 15) is 14.9 Å². The van der Waals surface area contributed by atoms with Gasteiger partial charge in [0.25, 0.3) is 5.69 Å². The Morgan fingerprint density at radius 2 is 1.91 bits per heavy atom. The molecule has 0 saturated carbocycles. The van der Waals surface area contributed by atoms with Crippen molar-refractivity contribution in [1.29, 1.82) is 0 Å². The molecule has 2 rings (SSSR count). The first-order valence-electron chi connectivity index (χ1n) is 7.09. The van der Waals surface area contributed by atoms with Crippen molar-refractivity contribution in [2.24, 2.45) is 0 Å². The maximum Gasteiger partial charge on any atom is 0.271 e. The first-order chi connectivity index (χ1) is 10.9. The molecule has 0 aromatic heterocycles. The summed E-state index contributed by atoms with van der Waals surface area (Å²) in [7, 11) is 1.44. The fourth-order valence-electron chi connectivity index (χ4n) is 2.20. The fourth-order valence-corrected chi connectivity index (χ4v) is 2.20. The lowest BCUT2D eigenvalue weighted by Crippen LogP contribution is -2.15. The van der Waals surface area contributed by atoms with Gasteiger partial charge in [-0.15, -0.1) is 0 Å². The molecule has 120 valence electrons. The maximum atomic E-state index is 12.2. The average Bonchev–Trinajstić information content (AvgIpc) is 2.50. The molecule has 0 spiro atoms. The van der Waals surface area contributed by atoms with Crippen molar-refractivity contribution in [3.63, 3.8) is 0 Å². The van der Waals surface area contributed by atoms with Gasteiger partial charge in [-0.3, -0.25) is 14.9 Å². The molecule has 0 radical (unpaired) electrons. The minimum atomic E-state index is -0.515. The Kier molecular flexibility index (Phi) is 4.95. The minimum absolute atomic E-state index is 0.104. The van der Waals surface area contributed by atoms with E-state index in [-0.39, 0.29) is 23.7 Å². The largest absolute Gasteiger partial charge is 0.495 e. The summed E-state index contributed by atoms with van der Waals surface area (Å²) in [4.78, 5) is 22.5. The Bertz CT molecular complexity index is 756. The van der Waals surface area contributed by atoms with Gasteiger partial charge in [-0.05, 0) is 36.6 Å². The number of rotatable bonds is 5. The van der Waals surface area contributed by atoms with Crippen LogP contribution in [0.25, 0.3) is 0 Å². The minimum Gasteiger partial charge on any atom is -0.495 e. The second kappa shape index (κ2) is 6.91. The molecule has 0 unspecified atom stereocenters.